The third-order valence-electron chi connectivity index (χ3n) is 5.29. The van der Waals surface area contributed by atoms with Gasteiger partial charge in [0.25, 0.3) is 0 Å². The Hall–Kier alpha value is -2.97. The lowest BCUT2D eigenvalue weighted by atomic mass is 10.1. The van der Waals surface area contributed by atoms with Gasteiger partial charge in [-0.1, -0.05) is 41.4 Å². The molecule has 1 aromatic heterocycles. The molecule has 162 valence electrons. The van der Waals surface area contributed by atoms with E-state index >= 15 is 0 Å². The lowest BCUT2D eigenvalue weighted by Crippen LogP contribution is -2.35. The summed E-state index contributed by atoms with van der Waals surface area (Å²) in [5.74, 6) is 0.0418. The summed E-state index contributed by atoms with van der Waals surface area (Å²) < 4.78 is 37.5. The Morgan fingerprint density at radius 3 is 2.39 bits per heavy atom. The summed E-state index contributed by atoms with van der Waals surface area (Å²) in [5.41, 5.74) is 2.81. The van der Waals surface area contributed by atoms with Crippen molar-refractivity contribution in [2.45, 2.75) is 37.7 Å². The highest BCUT2D eigenvalue weighted by Crippen LogP contribution is 2.23. The van der Waals surface area contributed by atoms with E-state index in [9.17, 15) is 13.2 Å². The predicted octanol–water partition coefficient (Wildman–Crippen LogP) is 4.18. The Kier molecular flexibility index (Phi) is 6.20. The SMILES string of the molecule is Cc1ccc(-c2cc(COC(=O)c3ccc(S(=O)(=O)N4CCCCC4)cc3)no2)cc1. The van der Waals surface area contributed by atoms with E-state index in [1.54, 1.807) is 6.07 Å². The van der Waals surface area contributed by atoms with Crippen LogP contribution in [-0.4, -0.2) is 36.9 Å². The number of sulfonamides is 1. The monoisotopic (exact) mass is 440 g/mol. The van der Waals surface area contributed by atoms with Gasteiger partial charge in [-0.15, -0.1) is 0 Å². The summed E-state index contributed by atoms with van der Waals surface area (Å²) in [5, 5.41) is 3.94. The number of hydrogen-bond donors (Lipinski definition) is 0. The van der Waals surface area contributed by atoms with Gasteiger partial charge in [-0.2, -0.15) is 4.31 Å². The van der Waals surface area contributed by atoms with Crippen LogP contribution < -0.4 is 0 Å². The summed E-state index contributed by atoms with van der Waals surface area (Å²) in [7, 11) is -3.53. The Morgan fingerprint density at radius 1 is 1.03 bits per heavy atom. The lowest BCUT2D eigenvalue weighted by molar-refractivity contribution is 0.0464. The Labute approximate surface area is 181 Å². The summed E-state index contributed by atoms with van der Waals surface area (Å²) in [6, 6.07) is 15.4. The maximum absolute atomic E-state index is 12.7. The Morgan fingerprint density at radius 2 is 1.71 bits per heavy atom. The number of esters is 1. The van der Waals surface area contributed by atoms with Crippen LogP contribution in [0.2, 0.25) is 0 Å². The van der Waals surface area contributed by atoms with Gasteiger partial charge in [0.2, 0.25) is 10.0 Å². The summed E-state index contributed by atoms with van der Waals surface area (Å²) >= 11 is 0. The standard InChI is InChI=1S/C23H24N2O5S/c1-17-5-7-18(8-6-17)22-15-20(24-30-22)16-29-23(26)19-9-11-21(12-10-19)31(27,28)25-13-3-2-4-14-25/h5-12,15H,2-4,13-14,16H2,1H3. The number of hydrogen-bond acceptors (Lipinski definition) is 6. The van der Waals surface area contributed by atoms with Crippen molar-refractivity contribution >= 4 is 16.0 Å². The molecule has 8 heteroatoms. The van der Waals surface area contributed by atoms with Gasteiger partial charge in [-0.25, -0.2) is 13.2 Å². The summed E-state index contributed by atoms with van der Waals surface area (Å²) in [6.07, 6.45) is 2.80. The van der Waals surface area contributed by atoms with E-state index in [0.29, 0.717) is 24.5 Å². The second-order valence-electron chi connectivity index (χ2n) is 7.61. The fraction of sp³-hybridized carbons (Fsp3) is 0.304. The number of nitrogens with zero attached hydrogens (tertiary/aromatic N) is 2. The first kappa shape index (κ1) is 21.3. The number of carbonyl (C=O) groups excluding carboxylic acids is 1. The normalized spacial score (nSPS) is 15.0. The minimum absolute atomic E-state index is 0.0397. The quantitative estimate of drug-likeness (QED) is 0.534. The first-order valence-electron chi connectivity index (χ1n) is 10.2. The first-order valence-corrected chi connectivity index (χ1v) is 11.7. The molecule has 4 rings (SSSR count). The van der Waals surface area contributed by atoms with Gasteiger partial charge < -0.3 is 9.26 Å². The van der Waals surface area contributed by atoms with Crippen LogP contribution in [0, 0.1) is 6.92 Å². The molecule has 0 N–H and O–H groups in total. The van der Waals surface area contributed by atoms with Crippen molar-refractivity contribution in [1.29, 1.82) is 0 Å². The largest absolute Gasteiger partial charge is 0.455 e. The third-order valence-corrected chi connectivity index (χ3v) is 7.20. The van der Waals surface area contributed by atoms with Crippen molar-refractivity contribution in [3.8, 4) is 11.3 Å². The molecule has 0 bridgehead atoms. The highest BCUT2D eigenvalue weighted by molar-refractivity contribution is 7.89. The first-order chi connectivity index (χ1) is 14.9. The zero-order chi connectivity index (χ0) is 21.8. The topological polar surface area (TPSA) is 89.7 Å². The van der Waals surface area contributed by atoms with Crippen molar-refractivity contribution in [3.05, 3.63) is 71.4 Å². The highest BCUT2D eigenvalue weighted by atomic mass is 32.2. The fourth-order valence-electron chi connectivity index (χ4n) is 3.47. The van der Waals surface area contributed by atoms with Crippen molar-refractivity contribution in [2.75, 3.05) is 13.1 Å². The molecule has 0 amide bonds. The zero-order valence-corrected chi connectivity index (χ0v) is 18.1. The van der Waals surface area contributed by atoms with E-state index in [1.807, 2.05) is 31.2 Å². The zero-order valence-electron chi connectivity index (χ0n) is 17.3. The average molecular weight is 441 g/mol. The van der Waals surface area contributed by atoms with E-state index in [0.717, 1.165) is 30.4 Å². The molecule has 0 unspecified atom stereocenters. The second kappa shape index (κ2) is 9.03. The molecule has 7 nitrogen and oxygen atoms in total. The van der Waals surface area contributed by atoms with Crippen LogP contribution in [0.1, 0.15) is 40.9 Å². The lowest BCUT2D eigenvalue weighted by Gasteiger charge is -2.25. The van der Waals surface area contributed by atoms with E-state index in [4.69, 9.17) is 9.26 Å². The third kappa shape index (κ3) is 4.86. The van der Waals surface area contributed by atoms with Crippen molar-refractivity contribution < 1.29 is 22.5 Å². The van der Waals surface area contributed by atoms with Crippen molar-refractivity contribution in [2.24, 2.45) is 0 Å². The maximum Gasteiger partial charge on any atom is 0.338 e. The van der Waals surface area contributed by atoms with Crippen LogP contribution in [0.5, 0.6) is 0 Å². The van der Waals surface area contributed by atoms with Gasteiger partial charge in [0.05, 0.1) is 10.5 Å². The molecule has 31 heavy (non-hydrogen) atoms. The Bertz CT molecular complexity index is 1150. The summed E-state index contributed by atoms with van der Waals surface area (Å²) in [4.78, 5) is 12.5. The van der Waals surface area contributed by atoms with Gasteiger partial charge in [0.1, 0.15) is 12.3 Å². The molecule has 0 spiro atoms. The van der Waals surface area contributed by atoms with Gasteiger partial charge in [0, 0.05) is 24.7 Å². The number of rotatable bonds is 6. The van der Waals surface area contributed by atoms with Gasteiger partial charge in [-0.05, 0) is 44.0 Å². The molecule has 2 aromatic carbocycles. The maximum atomic E-state index is 12.7. The van der Waals surface area contributed by atoms with Crippen molar-refractivity contribution in [1.82, 2.24) is 9.46 Å². The molecule has 3 aromatic rings. The molecule has 1 aliphatic heterocycles. The molecule has 0 aliphatic carbocycles. The van der Waals surface area contributed by atoms with Crippen LogP contribution in [0.4, 0.5) is 0 Å². The molecule has 1 fully saturated rings. The molecule has 0 radical (unpaired) electrons. The molecule has 1 saturated heterocycles. The smallest absolute Gasteiger partial charge is 0.338 e. The van der Waals surface area contributed by atoms with Gasteiger partial charge >= 0.3 is 5.97 Å². The molecular weight excluding hydrogens is 416 g/mol. The molecule has 0 atom stereocenters. The van der Waals surface area contributed by atoms with E-state index < -0.39 is 16.0 Å². The Balaban J connectivity index is 1.37. The minimum atomic E-state index is -3.53. The number of piperidine rings is 1. The molecular formula is C23H24N2O5S. The second-order valence-corrected chi connectivity index (χ2v) is 9.55. The van der Waals surface area contributed by atoms with Crippen LogP contribution in [0.25, 0.3) is 11.3 Å². The predicted molar refractivity (Wildman–Crippen MR) is 115 cm³/mol. The number of aromatic nitrogens is 1. The van der Waals surface area contributed by atoms with Crippen LogP contribution in [0.15, 0.2) is 64.0 Å². The van der Waals surface area contributed by atoms with Crippen LogP contribution in [0.3, 0.4) is 0 Å². The van der Waals surface area contributed by atoms with E-state index in [2.05, 4.69) is 5.16 Å². The summed E-state index contributed by atoms with van der Waals surface area (Å²) in [6.45, 7) is 3.04. The number of carbonyl (C=O) groups is 1. The van der Waals surface area contributed by atoms with E-state index in [-0.39, 0.29) is 17.1 Å². The molecule has 1 aliphatic rings. The van der Waals surface area contributed by atoms with E-state index in [1.165, 1.54) is 28.6 Å². The van der Waals surface area contributed by atoms with Crippen molar-refractivity contribution in [3.63, 3.8) is 0 Å². The number of benzene rings is 2. The number of aryl methyl sites for hydroxylation is 1. The average Bonchev–Trinajstić information content (AvgIpc) is 3.28. The van der Waals surface area contributed by atoms with Crippen LogP contribution in [-0.2, 0) is 21.4 Å². The fourth-order valence-corrected chi connectivity index (χ4v) is 4.99. The van der Waals surface area contributed by atoms with Crippen LogP contribution >= 0.6 is 0 Å². The van der Waals surface area contributed by atoms with Gasteiger partial charge in [-0.3, -0.25) is 0 Å². The number of ether oxygens (including phenoxy) is 1. The minimum Gasteiger partial charge on any atom is -0.455 e. The highest BCUT2D eigenvalue weighted by Gasteiger charge is 2.26. The molecule has 2 heterocycles. The molecule has 0 saturated carbocycles. The van der Waals surface area contributed by atoms with Gasteiger partial charge in [0.15, 0.2) is 5.76 Å².